The quantitative estimate of drug-likeness (QED) is 0.344. The number of hydrogen-bond donors (Lipinski definition) is 2. The second kappa shape index (κ2) is 10.8. The molecule has 0 aliphatic rings. The van der Waals surface area contributed by atoms with Gasteiger partial charge in [0.1, 0.15) is 18.2 Å². The van der Waals surface area contributed by atoms with E-state index in [2.05, 4.69) is 15.6 Å². The molecule has 1 rings (SSSR count). The SMILES string of the molecule is CCNC(=NCCOc1cccc(F)c1)NCC.I. The molecule has 6 heteroatoms. The summed E-state index contributed by atoms with van der Waals surface area (Å²) in [4.78, 5) is 4.32. The van der Waals surface area contributed by atoms with E-state index in [1.807, 2.05) is 13.8 Å². The predicted octanol–water partition coefficient (Wildman–Crippen LogP) is 2.40. The first-order chi connectivity index (χ1) is 8.76. The lowest BCUT2D eigenvalue weighted by Crippen LogP contribution is -2.37. The van der Waals surface area contributed by atoms with Gasteiger partial charge in [-0.2, -0.15) is 0 Å². The molecule has 1 aromatic rings. The highest BCUT2D eigenvalue weighted by molar-refractivity contribution is 14.0. The van der Waals surface area contributed by atoms with Gasteiger partial charge in [-0.3, -0.25) is 0 Å². The van der Waals surface area contributed by atoms with Gasteiger partial charge in [-0.25, -0.2) is 9.38 Å². The number of guanidine groups is 1. The Kier molecular flexibility index (Phi) is 10.2. The van der Waals surface area contributed by atoms with E-state index in [9.17, 15) is 4.39 Å². The monoisotopic (exact) mass is 381 g/mol. The van der Waals surface area contributed by atoms with Gasteiger partial charge >= 0.3 is 0 Å². The molecule has 0 saturated heterocycles. The summed E-state index contributed by atoms with van der Waals surface area (Å²) in [6.45, 7) is 6.59. The minimum absolute atomic E-state index is 0. The highest BCUT2D eigenvalue weighted by Gasteiger charge is 1.96. The van der Waals surface area contributed by atoms with Gasteiger partial charge in [0.2, 0.25) is 0 Å². The summed E-state index contributed by atoms with van der Waals surface area (Å²) in [6.07, 6.45) is 0. The molecular formula is C13H21FIN3O. The lowest BCUT2D eigenvalue weighted by Gasteiger charge is -2.09. The van der Waals surface area contributed by atoms with Crippen molar-refractivity contribution in [3.8, 4) is 5.75 Å². The first kappa shape index (κ1) is 17.9. The van der Waals surface area contributed by atoms with Crippen molar-refractivity contribution in [2.75, 3.05) is 26.2 Å². The van der Waals surface area contributed by atoms with Crippen LogP contribution < -0.4 is 15.4 Å². The molecule has 4 nitrogen and oxygen atoms in total. The average Bonchev–Trinajstić information content (AvgIpc) is 2.35. The van der Waals surface area contributed by atoms with Gasteiger partial charge in [0, 0.05) is 19.2 Å². The second-order valence-electron chi connectivity index (χ2n) is 3.60. The van der Waals surface area contributed by atoms with E-state index in [1.54, 1.807) is 12.1 Å². The molecule has 108 valence electrons. The van der Waals surface area contributed by atoms with Crippen LogP contribution in [0.5, 0.6) is 5.75 Å². The third kappa shape index (κ3) is 7.86. The Morgan fingerprint density at radius 1 is 1.26 bits per heavy atom. The van der Waals surface area contributed by atoms with Gasteiger partial charge in [-0.1, -0.05) is 6.07 Å². The summed E-state index contributed by atoms with van der Waals surface area (Å²) >= 11 is 0. The summed E-state index contributed by atoms with van der Waals surface area (Å²) in [7, 11) is 0. The summed E-state index contributed by atoms with van der Waals surface area (Å²) < 4.78 is 18.3. The van der Waals surface area contributed by atoms with Crippen molar-refractivity contribution in [1.82, 2.24) is 10.6 Å². The normalized spacial score (nSPS) is 9.21. The molecule has 0 amide bonds. The maximum Gasteiger partial charge on any atom is 0.191 e. The van der Waals surface area contributed by atoms with Gasteiger partial charge in [0.05, 0.1) is 6.54 Å². The van der Waals surface area contributed by atoms with Crippen LogP contribution in [-0.2, 0) is 0 Å². The van der Waals surface area contributed by atoms with E-state index < -0.39 is 0 Å². The van der Waals surface area contributed by atoms with Crippen molar-refractivity contribution in [3.05, 3.63) is 30.1 Å². The summed E-state index contributed by atoms with van der Waals surface area (Å²) in [5, 5.41) is 6.23. The number of rotatable bonds is 6. The van der Waals surface area contributed by atoms with E-state index in [0.717, 1.165) is 19.0 Å². The van der Waals surface area contributed by atoms with Crippen LogP contribution in [0.1, 0.15) is 13.8 Å². The number of halogens is 2. The molecule has 0 spiro atoms. The zero-order valence-electron chi connectivity index (χ0n) is 11.3. The van der Waals surface area contributed by atoms with Crippen LogP contribution in [0.3, 0.4) is 0 Å². The Hall–Kier alpha value is -1.05. The third-order valence-electron chi connectivity index (χ3n) is 2.11. The van der Waals surface area contributed by atoms with Gasteiger partial charge in [0.25, 0.3) is 0 Å². The lowest BCUT2D eigenvalue weighted by molar-refractivity contribution is 0.326. The number of nitrogens with one attached hydrogen (secondary N) is 2. The zero-order chi connectivity index (χ0) is 13.2. The maximum atomic E-state index is 12.9. The van der Waals surface area contributed by atoms with Crippen molar-refractivity contribution < 1.29 is 9.13 Å². The number of hydrogen-bond acceptors (Lipinski definition) is 2. The molecule has 0 unspecified atom stereocenters. The van der Waals surface area contributed by atoms with Crippen LogP contribution in [0.15, 0.2) is 29.3 Å². The Morgan fingerprint density at radius 3 is 2.53 bits per heavy atom. The minimum atomic E-state index is -0.294. The molecule has 0 atom stereocenters. The molecular weight excluding hydrogens is 360 g/mol. The highest BCUT2D eigenvalue weighted by atomic mass is 127. The standard InChI is InChI=1S/C13H20FN3O.HI/c1-3-15-13(16-4-2)17-8-9-18-12-7-5-6-11(14)10-12;/h5-7,10H,3-4,8-9H2,1-2H3,(H2,15,16,17);1H. The molecule has 0 radical (unpaired) electrons. The molecule has 0 fully saturated rings. The van der Waals surface area contributed by atoms with Crippen molar-refractivity contribution in [2.45, 2.75) is 13.8 Å². The molecule has 0 saturated carbocycles. The van der Waals surface area contributed by atoms with Crippen molar-refractivity contribution >= 4 is 29.9 Å². The summed E-state index contributed by atoms with van der Waals surface area (Å²) in [5.41, 5.74) is 0. The third-order valence-corrected chi connectivity index (χ3v) is 2.11. The molecule has 0 aliphatic carbocycles. The lowest BCUT2D eigenvalue weighted by atomic mass is 10.3. The fourth-order valence-corrected chi connectivity index (χ4v) is 1.39. The van der Waals surface area contributed by atoms with Gasteiger partial charge in [-0.05, 0) is 26.0 Å². The topological polar surface area (TPSA) is 45.7 Å². The smallest absolute Gasteiger partial charge is 0.191 e. The fourth-order valence-electron chi connectivity index (χ4n) is 1.39. The Bertz CT molecular complexity index is 380. The Labute approximate surface area is 130 Å². The van der Waals surface area contributed by atoms with Gasteiger partial charge in [-0.15, -0.1) is 24.0 Å². The van der Waals surface area contributed by atoms with Crippen LogP contribution in [0.2, 0.25) is 0 Å². The van der Waals surface area contributed by atoms with Crippen LogP contribution >= 0.6 is 24.0 Å². The molecule has 19 heavy (non-hydrogen) atoms. The van der Waals surface area contributed by atoms with E-state index in [0.29, 0.717) is 18.9 Å². The summed E-state index contributed by atoms with van der Waals surface area (Å²) in [5.74, 6) is 0.999. The number of nitrogens with zero attached hydrogens (tertiary/aromatic N) is 1. The Balaban J connectivity index is 0.00000324. The minimum Gasteiger partial charge on any atom is -0.492 e. The predicted molar refractivity (Wildman–Crippen MR) is 87.0 cm³/mol. The van der Waals surface area contributed by atoms with Crippen LogP contribution in [0.25, 0.3) is 0 Å². The van der Waals surface area contributed by atoms with E-state index in [-0.39, 0.29) is 29.8 Å². The molecule has 0 aliphatic heterocycles. The average molecular weight is 381 g/mol. The molecule has 2 N–H and O–H groups in total. The van der Waals surface area contributed by atoms with Crippen molar-refractivity contribution in [3.63, 3.8) is 0 Å². The second-order valence-corrected chi connectivity index (χ2v) is 3.60. The Morgan fingerprint density at radius 2 is 1.95 bits per heavy atom. The first-order valence-corrected chi connectivity index (χ1v) is 6.16. The largest absolute Gasteiger partial charge is 0.492 e. The summed E-state index contributed by atoms with van der Waals surface area (Å²) in [6, 6.07) is 6.09. The van der Waals surface area contributed by atoms with Gasteiger partial charge < -0.3 is 15.4 Å². The number of ether oxygens (including phenoxy) is 1. The van der Waals surface area contributed by atoms with Crippen LogP contribution in [-0.4, -0.2) is 32.2 Å². The molecule has 0 heterocycles. The highest BCUT2D eigenvalue weighted by Crippen LogP contribution is 2.11. The molecule has 0 bridgehead atoms. The first-order valence-electron chi connectivity index (χ1n) is 6.16. The number of aliphatic imine (C=N–C) groups is 1. The van der Waals surface area contributed by atoms with Crippen molar-refractivity contribution in [2.24, 2.45) is 4.99 Å². The molecule has 1 aromatic carbocycles. The van der Waals surface area contributed by atoms with E-state index >= 15 is 0 Å². The van der Waals surface area contributed by atoms with Crippen LogP contribution in [0.4, 0.5) is 4.39 Å². The molecule has 0 aromatic heterocycles. The fraction of sp³-hybridized carbons (Fsp3) is 0.462. The zero-order valence-corrected chi connectivity index (χ0v) is 13.6. The van der Waals surface area contributed by atoms with Crippen molar-refractivity contribution in [1.29, 1.82) is 0 Å². The number of benzene rings is 1. The maximum absolute atomic E-state index is 12.9. The van der Waals surface area contributed by atoms with Gasteiger partial charge in [0.15, 0.2) is 5.96 Å². The van der Waals surface area contributed by atoms with E-state index in [1.165, 1.54) is 12.1 Å². The van der Waals surface area contributed by atoms with Crippen LogP contribution in [0, 0.1) is 5.82 Å². The van der Waals surface area contributed by atoms with E-state index in [4.69, 9.17) is 4.74 Å².